The Morgan fingerprint density at radius 3 is 2.54 bits per heavy atom. The lowest BCUT2D eigenvalue weighted by molar-refractivity contribution is 0.0528. The van der Waals surface area contributed by atoms with E-state index in [4.69, 9.17) is 16.3 Å². The van der Waals surface area contributed by atoms with E-state index in [1.807, 2.05) is 48.5 Å². The SMILES string of the molecule is CCOC(=O)c1cnc(NCc2ccc(Cl)cc2)c2ccccc12. The van der Waals surface area contributed by atoms with Crippen LogP contribution in [0.5, 0.6) is 0 Å². The number of pyridine rings is 1. The summed E-state index contributed by atoms with van der Waals surface area (Å²) in [4.78, 5) is 16.5. The van der Waals surface area contributed by atoms with Crippen LogP contribution in [0.1, 0.15) is 22.8 Å². The Labute approximate surface area is 145 Å². The zero-order valence-corrected chi connectivity index (χ0v) is 14.0. The molecule has 3 aromatic rings. The molecule has 2 aromatic carbocycles. The van der Waals surface area contributed by atoms with Crippen molar-refractivity contribution in [3.05, 3.63) is 70.9 Å². The van der Waals surface area contributed by atoms with Gasteiger partial charge in [-0.3, -0.25) is 0 Å². The highest BCUT2D eigenvalue weighted by Gasteiger charge is 2.14. The molecular formula is C19H17ClN2O2. The van der Waals surface area contributed by atoms with Crippen molar-refractivity contribution in [2.45, 2.75) is 13.5 Å². The molecule has 1 aromatic heterocycles. The van der Waals surface area contributed by atoms with Gasteiger partial charge in [0, 0.05) is 28.5 Å². The Hall–Kier alpha value is -2.59. The molecule has 0 atom stereocenters. The first-order valence-electron chi connectivity index (χ1n) is 7.72. The van der Waals surface area contributed by atoms with Gasteiger partial charge >= 0.3 is 5.97 Å². The van der Waals surface area contributed by atoms with Crippen molar-refractivity contribution in [2.75, 3.05) is 11.9 Å². The van der Waals surface area contributed by atoms with Crippen molar-refractivity contribution in [2.24, 2.45) is 0 Å². The molecule has 0 amide bonds. The monoisotopic (exact) mass is 340 g/mol. The van der Waals surface area contributed by atoms with E-state index in [0.717, 1.165) is 22.2 Å². The highest BCUT2D eigenvalue weighted by molar-refractivity contribution is 6.30. The van der Waals surface area contributed by atoms with Crippen LogP contribution < -0.4 is 5.32 Å². The maximum Gasteiger partial charge on any atom is 0.340 e. The van der Waals surface area contributed by atoms with Gasteiger partial charge in [-0.25, -0.2) is 9.78 Å². The van der Waals surface area contributed by atoms with E-state index < -0.39 is 0 Å². The molecule has 4 nitrogen and oxygen atoms in total. The van der Waals surface area contributed by atoms with E-state index >= 15 is 0 Å². The lowest BCUT2D eigenvalue weighted by Crippen LogP contribution is -2.08. The zero-order valence-electron chi connectivity index (χ0n) is 13.3. The summed E-state index contributed by atoms with van der Waals surface area (Å²) in [6.07, 6.45) is 1.56. The van der Waals surface area contributed by atoms with Gasteiger partial charge in [0.2, 0.25) is 0 Å². The number of carbonyl (C=O) groups is 1. The van der Waals surface area contributed by atoms with E-state index in [1.54, 1.807) is 13.1 Å². The zero-order chi connectivity index (χ0) is 16.9. The number of hydrogen-bond acceptors (Lipinski definition) is 4. The topological polar surface area (TPSA) is 51.2 Å². The fraction of sp³-hybridized carbons (Fsp3) is 0.158. The van der Waals surface area contributed by atoms with Crippen molar-refractivity contribution >= 4 is 34.2 Å². The fourth-order valence-corrected chi connectivity index (χ4v) is 2.62. The standard InChI is InChI=1S/C19H17ClN2O2/c1-2-24-19(23)17-12-22-18(16-6-4-3-5-15(16)17)21-11-13-7-9-14(20)10-8-13/h3-10,12H,2,11H2,1H3,(H,21,22). The molecule has 0 aliphatic heterocycles. The molecule has 1 heterocycles. The fourth-order valence-electron chi connectivity index (χ4n) is 2.49. The number of hydrogen-bond donors (Lipinski definition) is 1. The predicted molar refractivity (Wildman–Crippen MR) is 96.5 cm³/mol. The molecule has 0 fully saturated rings. The first-order chi connectivity index (χ1) is 11.7. The Morgan fingerprint density at radius 1 is 1.12 bits per heavy atom. The normalized spacial score (nSPS) is 10.6. The van der Waals surface area contributed by atoms with Crippen molar-refractivity contribution in [1.29, 1.82) is 0 Å². The number of esters is 1. The molecule has 3 rings (SSSR count). The van der Waals surface area contributed by atoms with Gasteiger partial charge in [0.15, 0.2) is 0 Å². The van der Waals surface area contributed by atoms with Gasteiger partial charge in [0.25, 0.3) is 0 Å². The molecule has 0 unspecified atom stereocenters. The summed E-state index contributed by atoms with van der Waals surface area (Å²) >= 11 is 5.90. The van der Waals surface area contributed by atoms with Crippen molar-refractivity contribution in [3.8, 4) is 0 Å². The lowest BCUT2D eigenvalue weighted by atomic mass is 10.1. The summed E-state index contributed by atoms with van der Waals surface area (Å²) in [5, 5.41) is 5.73. The molecule has 0 saturated heterocycles. The van der Waals surface area contributed by atoms with Crippen LogP contribution in [0.4, 0.5) is 5.82 Å². The third-order valence-electron chi connectivity index (χ3n) is 3.66. The van der Waals surface area contributed by atoms with Crippen LogP contribution >= 0.6 is 11.6 Å². The van der Waals surface area contributed by atoms with E-state index in [1.165, 1.54) is 0 Å². The van der Waals surface area contributed by atoms with Gasteiger partial charge in [0.05, 0.1) is 12.2 Å². The van der Waals surface area contributed by atoms with Gasteiger partial charge in [0.1, 0.15) is 5.82 Å². The smallest absolute Gasteiger partial charge is 0.340 e. The number of fused-ring (bicyclic) bond motifs is 1. The average Bonchev–Trinajstić information content (AvgIpc) is 2.61. The molecule has 0 radical (unpaired) electrons. The van der Waals surface area contributed by atoms with Crippen LogP contribution in [0, 0.1) is 0 Å². The second kappa shape index (κ2) is 7.32. The molecule has 1 N–H and O–H groups in total. The van der Waals surface area contributed by atoms with Crippen molar-refractivity contribution in [3.63, 3.8) is 0 Å². The van der Waals surface area contributed by atoms with Gasteiger partial charge in [-0.1, -0.05) is 48.0 Å². The number of ether oxygens (including phenoxy) is 1. The van der Waals surface area contributed by atoms with Crippen molar-refractivity contribution < 1.29 is 9.53 Å². The van der Waals surface area contributed by atoms with Crippen LogP contribution in [0.3, 0.4) is 0 Å². The summed E-state index contributed by atoms with van der Waals surface area (Å²) in [6.45, 7) is 2.74. The summed E-state index contributed by atoms with van der Waals surface area (Å²) in [7, 11) is 0. The maximum absolute atomic E-state index is 12.1. The largest absolute Gasteiger partial charge is 0.462 e. The van der Waals surface area contributed by atoms with Crippen LogP contribution in [0.2, 0.25) is 5.02 Å². The summed E-state index contributed by atoms with van der Waals surface area (Å²) in [6, 6.07) is 15.3. The first kappa shape index (κ1) is 16.3. The second-order valence-electron chi connectivity index (χ2n) is 5.27. The van der Waals surface area contributed by atoms with E-state index in [0.29, 0.717) is 23.7 Å². The molecule has 24 heavy (non-hydrogen) atoms. The average molecular weight is 341 g/mol. The highest BCUT2D eigenvalue weighted by atomic mass is 35.5. The lowest BCUT2D eigenvalue weighted by Gasteiger charge is -2.11. The molecule has 0 saturated carbocycles. The van der Waals surface area contributed by atoms with Gasteiger partial charge in [-0.05, 0) is 24.6 Å². The van der Waals surface area contributed by atoms with Crippen LogP contribution in [0.25, 0.3) is 10.8 Å². The third-order valence-corrected chi connectivity index (χ3v) is 3.92. The minimum absolute atomic E-state index is 0.337. The molecule has 0 bridgehead atoms. The number of anilines is 1. The molecule has 0 aliphatic carbocycles. The summed E-state index contributed by atoms with van der Waals surface area (Å²) in [5.41, 5.74) is 1.57. The minimum Gasteiger partial charge on any atom is -0.462 e. The molecule has 0 spiro atoms. The highest BCUT2D eigenvalue weighted by Crippen LogP contribution is 2.25. The quantitative estimate of drug-likeness (QED) is 0.685. The van der Waals surface area contributed by atoms with Crippen molar-refractivity contribution in [1.82, 2.24) is 4.98 Å². The van der Waals surface area contributed by atoms with Gasteiger partial charge < -0.3 is 10.1 Å². The van der Waals surface area contributed by atoms with E-state index in [9.17, 15) is 4.79 Å². The van der Waals surface area contributed by atoms with E-state index in [2.05, 4.69) is 10.3 Å². The Kier molecular flexibility index (Phi) is 4.96. The van der Waals surface area contributed by atoms with Crippen LogP contribution in [-0.4, -0.2) is 17.6 Å². The minimum atomic E-state index is -0.356. The van der Waals surface area contributed by atoms with Gasteiger partial charge in [-0.15, -0.1) is 0 Å². The molecular weight excluding hydrogens is 324 g/mol. The Balaban J connectivity index is 1.90. The third kappa shape index (κ3) is 3.49. The number of benzene rings is 2. The summed E-state index contributed by atoms with van der Waals surface area (Å²) < 4.78 is 5.10. The van der Waals surface area contributed by atoms with E-state index in [-0.39, 0.29) is 5.97 Å². The summed E-state index contributed by atoms with van der Waals surface area (Å²) in [5.74, 6) is 0.374. The first-order valence-corrected chi connectivity index (χ1v) is 8.10. The Morgan fingerprint density at radius 2 is 1.83 bits per heavy atom. The van der Waals surface area contributed by atoms with Crippen LogP contribution in [0.15, 0.2) is 54.7 Å². The molecule has 0 aliphatic rings. The molecule has 5 heteroatoms. The maximum atomic E-state index is 12.1. The number of nitrogens with one attached hydrogen (secondary N) is 1. The number of aromatic nitrogens is 1. The number of rotatable bonds is 5. The van der Waals surface area contributed by atoms with Gasteiger partial charge in [-0.2, -0.15) is 0 Å². The number of halogens is 1. The number of nitrogens with zero attached hydrogens (tertiary/aromatic N) is 1. The predicted octanol–water partition coefficient (Wildman–Crippen LogP) is 4.68. The second-order valence-corrected chi connectivity index (χ2v) is 5.70. The molecule has 122 valence electrons. The Bertz CT molecular complexity index is 863. The number of carbonyl (C=O) groups excluding carboxylic acids is 1. The van der Waals surface area contributed by atoms with Crippen LogP contribution in [-0.2, 0) is 11.3 Å².